The number of carbonyl (C=O) groups excluding carboxylic acids is 2. The second-order valence-corrected chi connectivity index (χ2v) is 6.68. The van der Waals surface area contributed by atoms with Gasteiger partial charge in [-0.2, -0.15) is 0 Å². The number of amides is 2. The molecular weight excluding hydrogens is 342 g/mol. The Balaban J connectivity index is 1.80. The molecule has 2 aromatic rings. The highest BCUT2D eigenvalue weighted by Gasteiger charge is 2.26. The molecule has 0 saturated carbocycles. The fourth-order valence-electron chi connectivity index (χ4n) is 3.39. The van der Waals surface area contributed by atoms with E-state index in [0.717, 1.165) is 18.5 Å². The van der Waals surface area contributed by atoms with Gasteiger partial charge in [0.25, 0.3) is 0 Å². The smallest absolute Gasteiger partial charge is 0.249 e. The van der Waals surface area contributed by atoms with Gasteiger partial charge in [-0.3, -0.25) is 9.59 Å². The standard InChI is InChI=1S/C21H25N3O3/c1-14(21(26)24-12-6-8-16-7-4-5-9-19(16)24)22-18-13-17(23-15(2)25)10-11-20(18)27-3/h4-5,7,9-11,13-14,22H,6,8,12H2,1-3H3,(H,23,25)/t14-/m1/s1. The first-order valence-electron chi connectivity index (χ1n) is 9.11. The topological polar surface area (TPSA) is 70.7 Å². The molecule has 2 N–H and O–H groups in total. The summed E-state index contributed by atoms with van der Waals surface area (Å²) in [7, 11) is 1.58. The molecule has 0 aromatic heterocycles. The number of hydrogen-bond donors (Lipinski definition) is 2. The molecule has 0 fully saturated rings. The van der Waals surface area contributed by atoms with Gasteiger partial charge in [-0.15, -0.1) is 0 Å². The average Bonchev–Trinajstić information content (AvgIpc) is 2.66. The molecule has 27 heavy (non-hydrogen) atoms. The van der Waals surface area contributed by atoms with Crippen LogP contribution >= 0.6 is 0 Å². The number of ether oxygens (including phenoxy) is 1. The van der Waals surface area contributed by atoms with Crippen molar-refractivity contribution >= 4 is 28.9 Å². The Morgan fingerprint density at radius 1 is 1.19 bits per heavy atom. The van der Waals surface area contributed by atoms with Crippen molar-refractivity contribution in [2.45, 2.75) is 32.7 Å². The van der Waals surface area contributed by atoms with E-state index in [1.165, 1.54) is 12.5 Å². The molecule has 1 heterocycles. The van der Waals surface area contributed by atoms with Gasteiger partial charge < -0.3 is 20.3 Å². The maximum Gasteiger partial charge on any atom is 0.249 e. The third-order valence-electron chi connectivity index (χ3n) is 4.64. The van der Waals surface area contributed by atoms with Crippen LogP contribution in [0.15, 0.2) is 42.5 Å². The van der Waals surface area contributed by atoms with Gasteiger partial charge in [0.15, 0.2) is 0 Å². The first kappa shape index (κ1) is 18.8. The second kappa shape index (κ2) is 8.12. The molecule has 3 rings (SSSR count). The Labute approximate surface area is 159 Å². The van der Waals surface area contributed by atoms with Crippen molar-refractivity contribution in [1.82, 2.24) is 0 Å². The summed E-state index contributed by atoms with van der Waals surface area (Å²) in [6.07, 6.45) is 1.95. The quantitative estimate of drug-likeness (QED) is 0.849. The van der Waals surface area contributed by atoms with Crippen LogP contribution in [0.25, 0.3) is 0 Å². The largest absolute Gasteiger partial charge is 0.495 e. The normalized spacial score (nSPS) is 14.1. The number of fused-ring (bicyclic) bond motifs is 1. The summed E-state index contributed by atoms with van der Waals surface area (Å²) in [4.78, 5) is 26.2. The van der Waals surface area contributed by atoms with E-state index in [0.29, 0.717) is 23.7 Å². The van der Waals surface area contributed by atoms with Crippen molar-refractivity contribution in [3.8, 4) is 5.75 Å². The molecule has 6 nitrogen and oxygen atoms in total. The highest BCUT2D eigenvalue weighted by Crippen LogP contribution is 2.30. The lowest BCUT2D eigenvalue weighted by atomic mass is 10.0. The molecule has 1 aliphatic rings. The monoisotopic (exact) mass is 367 g/mol. The molecule has 2 aromatic carbocycles. The highest BCUT2D eigenvalue weighted by atomic mass is 16.5. The zero-order valence-corrected chi connectivity index (χ0v) is 15.9. The Kier molecular flexibility index (Phi) is 5.64. The number of nitrogens with one attached hydrogen (secondary N) is 2. The number of methoxy groups -OCH3 is 1. The maximum atomic E-state index is 13.1. The molecule has 0 spiro atoms. The number of hydrogen-bond acceptors (Lipinski definition) is 4. The van der Waals surface area contributed by atoms with Crippen LogP contribution in [0.5, 0.6) is 5.75 Å². The third kappa shape index (κ3) is 4.22. The predicted octanol–water partition coefficient (Wildman–Crippen LogP) is 3.43. The van der Waals surface area contributed by atoms with Crippen molar-refractivity contribution in [2.24, 2.45) is 0 Å². The van der Waals surface area contributed by atoms with Gasteiger partial charge in [-0.1, -0.05) is 18.2 Å². The summed E-state index contributed by atoms with van der Waals surface area (Å²) in [5.41, 5.74) is 3.50. The average molecular weight is 367 g/mol. The van der Waals surface area contributed by atoms with Crippen LogP contribution in [0.1, 0.15) is 25.8 Å². The molecule has 0 saturated heterocycles. The van der Waals surface area contributed by atoms with Gasteiger partial charge >= 0.3 is 0 Å². The third-order valence-corrected chi connectivity index (χ3v) is 4.64. The number of aryl methyl sites for hydroxylation is 1. The van der Waals surface area contributed by atoms with Crippen LogP contribution < -0.4 is 20.3 Å². The first-order chi connectivity index (χ1) is 13.0. The van der Waals surface area contributed by atoms with Crippen molar-refractivity contribution in [3.05, 3.63) is 48.0 Å². The van der Waals surface area contributed by atoms with Crippen LogP contribution in [0, 0.1) is 0 Å². The van der Waals surface area contributed by atoms with E-state index < -0.39 is 6.04 Å². The lowest BCUT2D eigenvalue weighted by Crippen LogP contribution is -2.44. The van der Waals surface area contributed by atoms with E-state index in [1.54, 1.807) is 25.3 Å². The molecule has 0 aliphatic carbocycles. The van der Waals surface area contributed by atoms with Crippen LogP contribution in [-0.2, 0) is 16.0 Å². The fourth-order valence-corrected chi connectivity index (χ4v) is 3.39. The SMILES string of the molecule is COc1ccc(NC(C)=O)cc1N[C@H](C)C(=O)N1CCCc2ccccc21. The van der Waals surface area contributed by atoms with E-state index in [4.69, 9.17) is 4.74 Å². The van der Waals surface area contributed by atoms with Crippen molar-refractivity contribution < 1.29 is 14.3 Å². The molecule has 1 atom stereocenters. The van der Waals surface area contributed by atoms with E-state index in [1.807, 2.05) is 30.0 Å². The number of carbonyl (C=O) groups is 2. The minimum atomic E-state index is -0.447. The van der Waals surface area contributed by atoms with Gasteiger partial charge in [0.2, 0.25) is 11.8 Å². The minimum absolute atomic E-state index is 0.00846. The summed E-state index contributed by atoms with van der Waals surface area (Å²) in [5, 5.41) is 5.98. The number of para-hydroxylation sites is 1. The maximum absolute atomic E-state index is 13.1. The Morgan fingerprint density at radius 2 is 1.96 bits per heavy atom. The van der Waals surface area contributed by atoms with E-state index >= 15 is 0 Å². The molecular formula is C21H25N3O3. The summed E-state index contributed by atoms with van der Waals surface area (Å²) in [5.74, 6) is 0.470. The fraction of sp³-hybridized carbons (Fsp3) is 0.333. The molecule has 142 valence electrons. The molecule has 6 heteroatoms. The highest BCUT2D eigenvalue weighted by molar-refractivity contribution is 5.99. The number of anilines is 3. The first-order valence-corrected chi connectivity index (χ1v) is 9.11. The lowest BCUT2D eigenvalue weighted by Gasteiger charge is -2.32. The Hall–Kier alpha value is -3.02. The van der Waals surface area contributed by atoms with Crippen LogP contribution in [0.2, 0.25) is 0 Å². The zero-order chi connectivity index (χ0) is 19.4. The molecule has 1 aliphatic heterocycles. The van der Waals surface area contributed by atoms with Crippen LogP contribution in [0.4, 0.5) is 17.1 Å². The summed E-state index contributed by atoms with van der Waals surface area (Å²) < 4.78 is 5.39. The van der Waals surface area contributed by atoms with Gasteiger partial charge in [-0.25, -0.2) is 0 Å². The molecule has 2 amide bonds. The zero-order valence-electron chi connectivity index (χ0n) is 15.9. The van der Waals surface area contributed by atoms with E-state index in [9.17, 15) is 9.59 Å². The van der Waals surface area contributed by atoms with Crippen LogP contribution in [0.3, 0.4) is 0 Å². The Bertz CT molecular complexity index is 850. The summed E-state index contributed by atoms with van der Waals surface area (Å²) in [6.45, 7) is 4.01. The Morgan fingerprint density at radius 3 is 2.70 bits per heavy atom. The summed E-state index contributed by atoms with van der Waals surface area (Å²) >= 11 is 0. The number of benzene rings is 2. The van der Waals surface area contributed by atoms with Gasteiger partial charge in [0.05, 0.1) is 12.8 Å². The lowest BCUT2D eigenvalue weighted by molar-refractivity contribution is -0.119. The second-order valence-electron chi connectivity index (χ2n) is 6.68. The minimum Gasteiger partial charge on any atom is -0.495 e. The predicted molar refractivity (Wildman–Crippen MR) is 107 cm³/mol. The molecule has 0 bridgehead atoms. The van der Waals surface area contributed by atoms with Gasteiger partial charge in [0, 0.05) is 24.8 Å². The van der Waals surface area contributed by atoms with Crippen LogP contribution in [-0.4, -0.2) is 31.5 Å². The molecule has 0 radical (unpaired) electrons. The summed E-state index contributed by atoms with van der Waals surface area (Å²) in [6, 6.07) is 12.9. The van der Waals surface area contributed by atoms with Crippen molar-refractivity contribution in [2.75, 3.05) is 29.2 Å². The van der Waals surface area contributed by atoms with Gasteiger partial charge in [0.1, 0.15) is 11.8 Å². The number of nitrogens with zero attached hydrogens (tertiary/aromatic N) is 1. The van der Waals surface area contributed by atoms with Gasteiger partial charge in [-0.05, 0) is 49.6 Å². The van der Waals surface area contributed by atoms with E-state index in [-0.39, 0.29) is 11.8 Å². The number of rotatable bonds is 5. The van der Waals surface area contributed by atoms with Crippen molar-refractivity contribution in [1.29, 1.82) is 0 Å². The molecule has 0 unspecified atom stereocenters. The van der Waals surface area contributed by atoms with E-state index in [2.05, 4.69) is 16.7 Å². The van der Waals surface area contributed by atoms with Crippen molar-refractivity contribution in [3.63, 3.8) is 0 Å².